The smallest absolute Gasteiger partial charge is 0.127 e. The molecule has 2 aromatic carbocycles. The van der Waals surface area contributed by atoms with E-state index in [2.05, 4.69) is 44.2 Å². The first-order valence-corrected chi connectivity index (χ1v) is 9.24. The molecule has 3 nitrogen and oxygen atoms in total. The highest BCUT2D eigenvalue weighted by Crippen LogP contribution is 2.24. The Morgan fingerprint density at radius 3 is 2.50 bits per heavy atom. The molecule has 130 valence electrons. The maximum absolute atomic E-state index is 5.91. The fourth-order valence-corrected chi connectivity index (χ4v) is 3.98. The minimum atomic E-state index is 0.607. The lowest BCUT2D eigenvalue weighted by Crippen LogP contribution is -3.14. The van der Waals surface area contributed by atoms with Crippen LogP contribution in [0.1, 0.15) is 20.3 Å². The predicted molar refractivity (Wildman–Crippen MR) is 98.8 cm³/mol. The summed E-state index contributed by atoms with van der Waals surface area (Å²) in [4.78, 5) is 1.69. The number of benzene rings is 2. The molecule has 0 bridgehead atoms. The molecule has 1 saturated heterocycles. The topological polar surface area (TPSA) is 22.9 Å². The predicted octanol–water partition coefficient (Wildman–Crippen LogP) is 2.80. The normalized spacial score (nSPS) is 24.2. The maximum atomic E-state index is 5.91. The SMILES string of the molecule is C[C@H]1C[C@H](C)C[NH+](CCOCCOc2cccc3ccccc23)C1. The molecular weight excluding hydrogens is 298 g/mol. The van der Waals surface area contributed by atoms with Crippen LogP contribution in [0.25, 0.3) is 10.8 Å². The molecule has 1 heterocycles. The van der Waals surface area contributed by atoms with E-state index < -0.39 is 0 Å². The van der Waals surface area contributed by atoms with Crippen LogP contribution < -0.4 is 9.64 Å². The average Bonchev–Trinajstić information content (AvgIpc) is 2.57. The van der Waals surface area contributed by atoms with Crippen molar-refractivity contribution in [3.63, 3.8) is 0 Å². The zero-order chi connectivity index (χ0) is 16.8. The van der Waals surface area contributed by atoms with Crippen molar-refractivity contribution in [1.82, 2.24) is 0 Å². The van der Waals surface area contributed by atoms with E-state index in [0.717, 1.165) is 30.7 Å². The van der Waals surface area contributed by atoms with E-state index in [4.69, 9.17) is 9.47 Å². The Labute approximate surface area is 145 Å². The van der Waals surface area contributed by atoms with E-state index in [-0.39, 0.29) is 0 Å². The Morgan fingerprint density at radius 1 is 0.917 bits per heavy atom. The maximum Gasteiger partial charge on any atom is 0.127 e. The number of quaternary nitrogens is 1. The van der Waals surface area contributed by atoms with Gasteiger partial charge in [0.15, 0.2) is 0 Å². The van der Waals surface area contributed by atoms with Crippen molar-refractivity contribution in [3.05, 3.63) is 42.5 Å². The van der Waals surface area contributed by atoms with Gasteiger partial charge in [0.2, 0.25) is 0 Å². The minimum absolute atomic E-state index is 0.607. The van der Waals surface area contributed by atoms with E-state index in [0.29, 0.717) is 13.2 Å². The molecule has 1 aliphatic heterocycles. The minimum Gasteiger partial charge on any atom is -0.491 e. The summed E-state index contributed by atoms with van der Waals surface area (Å²) in [6, 6.07) is 14.5. The zero-order valence-electron chi connectivity index (χ0n) is 15.0. The highest BCUT2D eigenvalue weighted by molar-refractivity contribution is 5.88. The number of nitrogens with one attached hydrogen (secondary N) is 1. The molecular formula is C21H30NO2+. The van der Waals surface area contributed by atoms with Gasteiger partial charge in [-0.3, -0.25) is 0 Å². The summed E-state index contributed by atoms with van der Waals surface area (Å²) in [5, 5.41) is 2.38. The fraction of sp³-hybridized carbons (Fsp3) is 0.524. The van der Waals surface area contributed by atoms with Crippen molar-refractivity contribution in [2.75, 3.05) is 39.5 Å². The van der Waals surface area contributed by atoms with Crippen LogP contribution in [0.15, 0.2) is 42.5 Å². The summed E-state index contributed by atoms with van der Waals surface area (Å²) in [5.41, 5.74) is 0. The van der Waals surface area contributed by atoms with Crippen LogP contribution in [0.3, 0.4) is 0 Å². The first-order valence-electron chi connectivity index (χ1n) is 9.24. The Bertz CT molecular complexity index is 627. The third-order valence-corrected chi connectivity index (χ3v) is 4.91. The molecule has 0 unspecified atom stereocenters. The molecule has 1 fully saturated rings. The number of piperidine rings is 1. The number of ether oxygens (including phenoxy) is 2. The molecule has 0 aromatic heterocycles. The summed E-state index contributed by atoms with van der Waals surface area (Å²) >= 11 is 0. The number of fused-ring (bicyclic) bond motifs is 1. The number of hydrogen-bond acceptors (Lipinski definition) is 2. The number of likely N-dealkylation sites (tertiary alicyclic amines) is 1. The van der Waals surface area contributed by atoms with Crippen molar-refractivity contribution in [3.8, 4) is 5.75 Å². The summed E-state index contributed by atoms with van der Waals surface area (Å²) in [6.07, 6.45) is 1.38. The van der Waals surface area contributed by atoms with E-state index in [9.17, 15) is 0 Å². The van der Waals surface area contributed by atoms with Gasteiger partial charge < -0.3 is 14.4 Å². The number of rotatable bonds is 7. The van der Waals surface area contributed by atoms with Crippen molar-refractivity contribution in [1.29, 1.82) is 0 Å². The molecule has 0 amide bonds. The highest BCUT2D eigenvalue weighted by Gasteiger charge is 2.24. The largest absolute Gasteiger partial charge is 0.491 e. The molecule has 0 radical (unpaired) electrons. The Kier molecular flexibility index (Phi) is 6.11. The van der Waals surface area contributed by atoms with Crippen molar-refractivity contribution in [2.24, 2.45) is 11.8 Å². The molecule has 3 heteroatoms. The molecule has 0 spiro atoms. The second-order valence-corrected chi connectivity index (χ2v) is 7.29. The van der Waals surface area contributed by atoms with Gasteiger partial charge in [0.1, 0.15) is 18.9 Å². The van der Waals surface area contributed by atoms with Crippen LogP contribution in [0.4, 0.5) is 0 Å². The van der Waals surface area contributed by atoms with Crippen LogP contribution in [0.2, 0.25) is 0 Å². The van der Waals surface area contributed by atoms with E-state index in [1.54, 1.807) is 4.90 Å². The van der Waals surface area contributed by atoms with Gasteiger partial charge in [-0.05, 0) is 17.9 Å². The van der Waals surface area contributed by atoms with Gasteiger partial charge in [-0.2, -0.15) is 0 Å². The van der Waals surface area contributed by atoms with Crippen LogP contribution in [0, 0.1) is 11.8 Å². The van der Waals surface area contributed by atoms with Gasteiger partial charge in [0.25, 0.3) is 0 Å². The van der Waals surface area contributed by atoms with Crippen LogP contribution in [-0.2, 0) is 4.74 Å². The Hall–Kier alpha value is -1.58. The van der Waals surface area contributed by atoms with Crippen molar-refractivity contribution in [2.45, 2.75) is 20.3 Å². The Balaban J connectivity index is 1.37. The summed E-state index contributed by atoms with van der Waals surface area (Å²) < 4.78 is 11.7. The van der Waals surface area contributed by atoms with E-state index in [1.807, 2.05) is 12.1 Å². The molecule has 2 aromatic rings. The van der Waals surface area contributed by atoms with Gasteiger partial charge in [-0.15, -0.1) is 0 Å². The molecule has 24 heavy (non-hydrogen) atoms. The molecule has 3 rings (SSSR count). The third-order valence-electron chi connectivity index (χ3n) is 4.91. The molecule has 0 saturated carbocycles. The fourth-order valence-electron chi connectivity index (χ4n) is 3.98. The van der Waals surface area contributed by atoms with E-state index >= 15 is 0 Å². The van der Waals surface area contributed by atoms with Crippen molar-refractivity contribution < 1.29 is 14.4 Å². The van der Waals surface area contributed by atoms with Gasteiger partial charge in [0.05, 0.1) is 26.3 Å². The standard InChI is InChI=1S/C21H29NO2/c1-17-14-18(2)16-22(15-17)10-11-23-12-13-24-21-9-5-7-19-6-3-4-8-20(19)21/h3-9,17-18H,10-16H2,1-2H3/p+1/t17-,18-/m0/s1. The average molecular weight is 328 g/mol. The second kappa shape index (κ2) is 8.50. The lowest BCUT2D eigenvalue weighted by molar-refractivity contribution is -0.912. The second-order valence-electron chi connectivity index (χ2n) is 7.29. The first-order chi connectivity index (χ1) is 11.7. The lowest BCUT2D eigenvalue weighted by Gasteiger charge is -2.31. The monoisotopic (exact) mass is 328 g/mol. The lowest BCUT2D eigenvalue weighted by atomic mass is 9.92. The Morgan fingerprint density at radius 2 is 1.67 bits per heavy atom. The van der Waals surface area contributed by atoms with Gasteiger partial charge in [0, 0.05) is 17.2 Å². The van der Waals surface area contributed by atoms with Crippen LogP contribution >= 0.6 is 0 Å². The molecule has 1 N–H and O–H groups in total. The molecule has 2 atom stereocenters. The van der Waals surface area contributed by atoms with Gasteiger partial charge in [-0.25, -0.2) is 0 Å². The third kappa shape index (κ3) is 4.71. The zero-order valence-corrected chi connectivity index (χ0v) is 15.0. The summed E-state index contributed by atoms with van der Waals surface area (Å²) in [7, 11) is 0. The van der Waals surface area contributed by atoms with Gasteiger partial charge >= 0.3 is 0 Å². The van der Waals surface area contributed by atoms with Crippen molar-refractivity contribution >= 4 is 10.8 Å². The highest BCUT2D eigenvalue weighted by atomic mass is 16.5. The first kappa shape index (κ1) is 17.2. The molecule has 1 aliphatic rings. The number of hydrogen-bond donors (Lipinski definition) is 1. The van der Waals surface area contributed by atoms with Crippen LogP contribution in [-0.4, -0.2) is 39.5 Å². The summed E-state index contributed by atoms with van der Waals surface area (Å²) in [6.45, 7) is 10.5. The molecule has 0 aliphatic carbocycles. The van der Waals surface area contributed by atoms with E-state index in [1.165, 1.54) is 30.3 Å². The summed E-state index contributed by atoms with van der Waals surface area (Å²) in [5.74, 6) is 2.64. The van der Waals surface area contributed by atoms with Gasteiger partial charge in [-0.1, -0.05) is 50.2 Å². The van der Waals surface area contributed by atoms with Crippen LogP contribution in [0.5, 0.6) is 5.75 Å². The quantitative estimate of drug-likeness (QED) is 0.790.